The van der Waals surface area contributed by atoms with Gasteiger partial charge in [0.25, 0.3) is 0 Å². The number of nitrogens with zero attached hydrogens (tertiary/aromatic N) is 3. The Balaban J connectivity index is 1.90. The van der Waals surface area contributed by atoms with Crippen molar-refractivity contribution < 1.29 is 17.9 Å². The van der Waals surface area contributed by atoms with Gasteiger partial charge in [0.1, 0.15) is 16.3 Å². The van der Waals surface area contributed by atoms with Gasteiger partial charge in [-0.3, -0.25) is 0 Å². The maximum Gasteiger partial charge on any atom is 0.420 e. The van der Waals surface area contributed by atoms with Crippen LogP contribution in [0.15, 0.2) is 70.7 Å². The van der Waals surface area contributed by atoms with Crippen LogP contribution >= 0.6 is 11.8 Å². The van der Waals surface area contributed by atoms with E-state index in [2.05, 4.69) is 16.9 Å². The first-order valence-electron chi connectivity index (χ1n) is 10.1. The van der Waals surface area contributed by atoms with Crippen molar-refractivity contribution in [3.05, 3.63) is 66.4 Å². The van der Waals surface area contributed by atoms with Crippen LogP contribution < -0.4 is 9.64 Å². The topological polar surface area (TPSA) is 38.2 Å². The maximum absolute atomic E-state index is 13.5. The fourth-order valence-electron chi connectivity index (χ4n) is 2.86. The molecule has 4 nitrogen and oxygen atoms in total. The summed E-state index contributed by atoms with van der Waals surface area (Å²) >= 11 is 0.974. The van der Waals surface area contributed by atoms with Crippen molar-refractivity contribution in [3.8, 4) is 5.75 Å². The van der Waals surface area contributed by atoms with Crippen LogP contribution in [0.1, 0.15) is 32.3 Å². The first-order chi connectivity index (χ1) is 14.9. The number of anilines is 2. The third-order valence-electron chi connectivity index (χ3n) is 4.48. The van der Waals surface area contributed by atoms with Crippen molar-refractivity contribution in [1.29, 1.82) is 0 Å². The van der Waals surface area contributed by atoms with Gasteiger partial charge in [-0.15, -0.1) is 0 Å². The molecular formula is C23H24F3N3OS. The zero-order valence-corrected chi connectivity index (χ0v) is 18.2. The molecule has 0 amide bonds. The summed E-state index contributed by atoms with van der Waals surface area (Å²) in [6.07, 6.45) is -1.65. The maximum atomic E-state index is 13.5. The summed E-state index contributed by atoms with van der Waals surface area (Å²) in [7, 11) is 0. The molecule has 3 aromatic rings. The molecule has 1 heterocycles. The van der Waals surface area contributed by atoms with Gasteiger partial charge < -0.3 is 9.64 Å². The van der Waals surface area contributed by atoms with E-state index in [1.807, 2.05) is 37.3 Å². The molecule has 0 bridgehead atoms. The predicted octanol–water partition coefficient (Wildman–Crippen LogP) is 6.98. The van der Waals surface area contributed by atoms with Crippen LogP contribution in [0.25, 0.3) is 0 Å². The van der Waals surface area contributed by atoms with Crippen molar-refractivity contribution in [2.45, 2.75) is 42.8 Å². The van der Waals surface area contributed by atoms with Gasteiger partial charge in [-0.05, 0) is 49.7 Å². The van der Waals surface area contributed by atoms with Crippen molar-refractivity contribution in [3.63, 3.8) is 0 Å². The molecule has 0 saturated carbocycles. The van der Waals surface area contributed by atoms with E-state index in [1.165, 1.54) is 0 Å². The Morgan fingerprint density at radius 1 is 1.00 bits per heavy atom. The molecule has 1 aromatic heterocycles. The van der Waals surface area contributed by atoms with E-state index in [4.69, 9.17) is 4.74 Å². The zero-order chi connectivity index (χ0) is 22.3. The molecule has 31 heavy (non-hydrogen) atoms. The van der Waals surface area contributed by atoms with Crippen LogP contribution in [-0.4, -0.2) is 23.1 Å². The molecule has 0 N–H and O–H groups in total. The highest BCUT2D eigenvalue weighted by Crippen LogP contribution is 2.39. The number of benzene rings is 2. The Labute approximate surface area is 184 Å². The molecule has 3 rings (SSSR count). The van der Waals surface area contributed by atoms with Gasteiger partial charge in [-0.1, -0.05) is 43.3 Å². The molecular weight excluding hydrogens is 423 g/mol. The van der Waals surface area contributed by atoms with E-state index >= 15 is 0 Å². The number of hydrogen-bond acceptors (Lipinski definition) is 5. The highest BCUT2D eigenvalue weighted by atomic mass is 32.2. The second-order valence-corrected chi connectivity index (χ2v) is 7.80. The Bertz CT molecular complexity index is 966. The highest BCUT2D eigenvalue weighted by molar-refractivity contribution is 7.99. The van der Waals surface area contributed by atoms with Crippen molar-refractivity contribution in [2.75, 3.05) is 18.1 Å². The first kappa shape index (κ1) is 22.9. The SMILES string of the molecule is CCCCOc1ccc(N(CC)c2ncc(C(F)(F)F)c(Sc3ccccc3)n2)cc1. The molecule has 0 aliphatic heterocycles. The molecule has 0 spiro atoms. The van der Waals surface area contributed by atoms with E-state index < -0.39 is 11.7 Å². The lowest BCUT2D eigenvalue weighted by Crippen LogP contribution is -2.20. The van der Waals surface area contributed by atoms with Gasteiger partial charge in [0.15, 0.2) is 0 Å². The van der Waals surface area contributed by atoms with E-state index in [0.29, 0.717) is 18.0 Å². The van der Waals surface area contributed by atoms with E-state index in [-0.39, 0.29) is 11.0 Å². The molecule has 0 unspecified atom stereocenters. The van der Waals surface area contributed by atoms with Crippen LogP contribution in [0.5, 0.6) is 5.75 Å². The van der Waals surface area contributed by atoms with Gasteiger partial charge in [-0.25, -0.2) is 9.97 Å². The summed E-state index contributed by atoms with van der Waals surface area (Å²) in [5.41, 5.74) is -0.0680. The van der Waals surface area contributed by atoms with Gasteiger partial charge in [-0.2, -0.15) is 13.2 Å². The molecule has 164 valence electrons. The number of ether oxygens (including phenoxy) is 1. The lowest BCUT2D eigenvalue weighted by molar-refractivity contribution is -0.140. The lowest BCUT2D eigenvalue weighted by atomic mass is 10.2. The van der Waals surface area contributed by atoms with Gasteiger partial charge in [0.2, 0.25) is 5.95 Å². The number of aromatic nitrogens is 2. The van der Waals surface area contributed by atoms with E-state index in [9.17, 15) is 13.2 Å². The van der Waals surface area contributed by atoms with Gasteiger partial charge >= 0.3 is 6.18 Å². The number of alkyl halides is 3. The monoisotopic (exact) mass is 447 g/mol. The highest BCUT2D eigenvalue weighted by Gasteiger charge is 2.35. The van der Waals surface area contributed by atoms with E-state index in [0.717, 1.165) is 42.2 Å². The molecule has 0 fully saturated rings. The van der Waals surface area contributed by atoms with E-state index in [1.54, 1.807) is 29.2 Å². The van der Waals surface area contributed by atoms with Crippen molar-refractivity contribution >= 4 is 23.4 Å². The first-order valence-corrected chi connectivity index (χ1v) is 10.9. The standard InChI is InChI=1S/C23H24F3N3OS/c1-3-5-15-30-18-13-11-17(12-14-18)29(4-2)22-27-16-20(23(24,25)26)21(28-22)31-19-9-7-6-8-10-19/h6-14,16H,3-5,15H2,1-2H3. The quantitative estimate of drug-likeness (QED) is 0.261. The summed E-state index contributed by atoms with van der Waals surface area (Å²) in [5.74, 6) is 0.968. The summed E-state index contributed by atoms with van der Waals surface area (Å²) < 4.78 is 46.3. The molecule has 0 aliphatic rings. The van der Waals surface area contributed by atoms with Crippen LogP contribution in [-0.2, 0) is 6.18 Å². The Morgan fingerprint density at radius 2 is 1.71 bits per heavy atom. The smallest absolute Gasteiger partial charge is 0.420 e. The van der Waals surface area contributed by atoms with Gasteiger partial charge in [0.05, 0.1) is 6.61 Å². The zero-order valence-electron chi connectivity index (χ0n) is 17.4. The van der Waals surface area contributed by atoms with Crippen LogP contribution in [0.2, 0.25) is 0 Å². The number of halogens is 3. The van der Waals surface area contributed by atoms with Crippen molar-refractivity contribution in [1.82, 2.24) is 9.97 Å². The summed E-state index contributed by atoms with van der Waals surface area (Å²) in [5, 5.41) is -0.123. The Morgan fingerprint density at radius 3 is 2.32 bits per heavy atom. The van der Waals surface area contributed by atoms with Crippen LogP contribution in [0.4, 0.5) is 24.8 Å². The minimum atomic E-state index is -4.54. The fourth-order valence-corrected chi connectivity index (χ4v) is 3.78. The molecule has 0 atom stereocenters. The second kappa shape index (κ2) is 10.5. The Kier molecular flexibility index (Phi) is 7.79. The normalized spacial score (nSPS) is 11.4. The lowest BCUT2D eigenvalue weighted by Gasteiger charge is -2.22. The number of hydrogen-bond donors (Lipinski definition) is 0. The predicted molar refractivity (Wildman–Crippen MR) is 117 cm³/mol. The second-order valence-electron chi connectivity index (χ2n) is 6.74. The number of unbranched alkanes of at least 4 members (excludes halogenated alkanes) is 1. The van der Waals surface area contributed by atoms with Crippen LogP contribution in [0, 0.1) is 0 Å². The largest absolute Gasteiger partial charge is 0.494 e. The fraction of sp³-hybridized carbons (Fsp3) is 0.304. The number of rotatable bonds is 9. The summed E-state index contributed by atoms with van der Waals surface area (Å²) in [6.45, 7) is 5.14. The molecule has 2 aromatic carbocycles. The molecule has 0 aliphatic carbocycles. The Hall–Kier alpha value is -2.74. The van der Waals surface area contributed by atoms with Crippen molar-refractivity contribution in [2.24, 2.45) is 0 Å². The molecule has 0 saturated heterocycles. The third-order valence-corrected chi connectivity index (χ3v) is 5.49. The summed E-state index contributed by atoms with van der Waals surface area (Å²) in [4.78, 5) is 10.8. The molecule has 0 radical (unpaired) electrons. The third kappa shape index (κ3) is 6.13. The van der Waals surface area contributed by atoms with Crippen LogP contribution in [0.3, 0.4) is 0 Å². The minimum Gasteiger partial charge on any atom is -0.494 e. The van der Waals surface area contributed by atoms with Gasteiger partial charge in [0, 0.05) is 23.3 Å². The molecule has 8 heteroatoms. The average molecular weight is 448 g/mol. The summed E-state index contributed by atoms with van der Waals surface area (Å²) in [6, 6.07) is 16.3. The average Bonchev–Trinajstić information content (AvgIpc) is 2.76. The minimum absolute atomic E-state index is 0.123.